The van der Waals surface area contributed by atoms with Gasteiger partial charge < -0.3 is 10.8 Å². The van der Waals surface area contributed by atoms with Crippen molar-refractivity contribution in [2.75, 3.05) is 0 Å². The standard InChI is InChI=1S/C8H9BNO2/c9-7-3-5(8(10)12)1-2-6(7)4-11/h1-3,9,11H,4H2,(H2,10,12). The maximum atomic E-state index is 10.7. The van der Waals surface area contributed by atoms with Crippen LogP contribution in [0.5, 0.6) is 0 Å². The molecule has 3 nitrogen and oxygen atoms in total. The number of benzene rings is 1. The Morgan fingerprint density at radius 2 is 2.25 bits per heavy atom. The lowest BCUT2D eigenvalue weighted by Gasteiger charge is -2.03. The molecule has 0 aliphatic rings. The number of hydrogen-bond donors (Lipinski definition) is 2. The van der Waals surface area contributed by atoms with Gasteiger partial charge in [-0.1, -0.05) is 17.6 Å². The van der Waals surface area contributed by atoms with Crippen LogP contribution in [0.3, 0.4) is 0 Å². The summed E-state index contributed by atoms with van der Waals surface area (Å²) >= 11 is 0. The molecule has 1 rings (SSSR count). The summed E-state index contributed by atoms with van der Waals surface area (Å²) in [5.41, 5.74) is 6.80. The van der Waals surface area contributed by atoms with E-state index < -0.39 is 5.91 Å². The highest BCUT2D eigenvalue weighted by molar-refractivity contribution is 6.33. The smallest absolute Gasteiger partial charge is 0.248 e. The molecular formula is C8H9BNO2. The Balaban J connectivity index is 3.10. The number of rotatable bonds is 2. The zero-order chi connectivity index (χ0) is 9.14. The van der Waals surface area contributed by atoms with Gasteiger partial charge >= 0.3 is 0 Å². The van der Waals surface area contributed by atoms with Gasteiger partial charge in [0.05, 0.1) is 6.61 Å². The maximum Gasteiger partial charge on any atom is 0.248 e. The zero-order valence-corrected chi connectivity index (χ0v) is 6.58. The molecule has 0 aliphatic heterocycles. The van der Waals surface area contributed by atoms with Gasteiger partial charge in [-0.05, 0) is 11.6 Å². The van der Waals surface area contributed by atoms with Gasteiger partial charge in [0.15, 0.2) is 0 Å². The minimum absolute atomic E-state index is 0.0716. The average Bonchev–Trinajstić information content (AvgIpc) is 2.04. The molecule has 0 spiro atoms. The number of aliphatic hydroxyl groups is 1. The summed E-state index contributed by atoms with van der Waals surface area (Å²) in [5, 5.41) is 8.79. The van der Waals surface area contributed by atoms with Gasteiger partial charge in [-0.2, -0.15) is 0 Å². The van der Waals surface area contributed by atoms with Gasteiger partial charge in [-0.15, -0.1) is 0 Å². The fourth-order valence-electron chi connectivity index (χ4n) is 0.933. The molecule has 1 aromatic rings. The van der Waals surface area contributed by atoms with Gasteiger partial charge in [0.25, 0.3) is 0 Å². The highest BCUT2D eigenvalue weighted by atomic mass is 16.3. The molecule has 0 saturated heterocycles. The fourth-order valence-corrected chi connectivity index (χ4v) is 0.933. The van der Waals surface area contributed by atoms with E-state index in [1.54, 1.807) is 18.2 Å². The van der Waals surface area contributed by atoms with Crippen LogP contribution in [0.15, 0.2) is 18.2 Å². The molecule has 0 aliphatic carbocycles. The van der Waals surface area contributed by atoms with Crippen LogP contribution in [0.1, 0.15) is 15.9 Å². The van der Waals surface area contributed by atoms with Gasteiger partial charge in [0.2, 0.25) is 5.91 Å². The summed E-state index contributed by atoms with van der Waals surface area (Å²) in [4.78, 5) is 10.7. The molecule has 0 aromatic heterocycles. The SMILES string of the molecule is [BH]c1cc(C(N)=O)ccc1CO. The lowest BCUT2D eigenvalue weighted by atomic mass is 9.89. The van der Waals surface area contributed by atoms with Crippen molar-refractivity contribution in [2.45, 2.75) is 6.61 Å². The second kappa shape index (κ2) is 3.41. The monoisotopic (exact) mass is 162 g/mol. The highest BCUT2D eigenvalue weighted by Crippen LogP contribution is 1.99. The van der Waals surface area contributed by atoms with Crippen LogP contribution in [-0.4, -0.2) is 18.9 Å². The topological polar surface area (TPSA) is 63.3 Å². The summed E-state index contributed by atoms with van der Waals surface area (Å²) in [6.45, 7) is -0.0716. The maximum absolute atomic E-state index is 10.7. The summed E-state index contributed by atoms with van der Waals surface area (Å²) in [5.74, 6) is -0.482. The van der Waals surface area contributed by atoms with Crippen molar-refractivity contribution in [3.8, 4) is 0 Å². The molecule has 0 unspecified atom stereocenters. The van der Waals surface area contributed by atoms with Crippen LogP contribution < -0.4 is 11.2 Å². The second-order valence-corrected chi connectivity index (χ2v) is 2.51. The Kier molecular flexibility index (Phi) is 2.50. The van der Waals surface area contributed by atoms with E-state index in [0.29, 0.717) is 16.6 Å². The van der Waals surface area contributed by atoms with Crippen molar-refractivity contribution in [2.24, 2.45) is 5.73 Å². The van der Waals surface area contributed by atoms with Gasteiger partial charge in [0.1, 0.15) is 7.85 Å². The van der Waals surface area contributed by atoms with E-state index in [1.165, 1.54) is 0 Å². The molecule has 12 heavy (non-hydrogen) atoms. The molecule has 1 amide bonds. The van der Waals surface area contributed by atoms with Crippen molar-refractivity contribution in [1.29, 1.82) is 0 Å². The lowest BCUT2D eigenvalue weighted by molar-refractivity contribution is 0.100. The first-order valence-corrected chi connectivity index (χ1v) is 3.50. The van der Waals surface area contributed by atoms with Gasteiger partial charge in [-0.25, -0.2) is 0 Å². The van der Waals surface area contributed by atoms with Gasteiger partial charge in [-0.3, -0.25) is 4.79 Å². The van der Waals surface area contributed by atoms with Crippen LogP contribution in [-0.2, 0) is 6.61 Å². The summed E-state index contributed by atoms with van der Waals surface area (Å²) in [7, 11) is 3.67. The number of carbonyl (C=O) groups is 1. The second-order valence-electron chi connectivity index (χ2n) is 2.51. The first kappa shape index (κ1) is 8.81. The third-order valence-corrected chi connectivity index (χ3v) is 1.66. The molecule has 0 fully saturated rings. The van der Waals surface area contributed by atoms with Crippen LogP contribution in [0.2, 0.25) is 0 Å². The Labute approximate surface area is 71.6 Å². The number of aliphatic hydroxyl groups excluding tert-OH is 1. The van der Waals surface area contributed by atoms with Crippen molar-refractivity contribution in [1.82, 2.24) is 0 Å². The molecule has 1 aromatic carbocycles. The lowest BCUT2D eigenvalue weighted by Crippen LogP contribution is -2.17. The normalized spacial score (nSPS) is 9.75. The molecule has 0 bridgehead atoms. The Morgan fingerprint density at radius 3 is 2.67 bits per heavy atom. The quantitative estimate of drug-likeness (QED) is 0.536. The summed E-state index contributed by atoms with van der Waals surface area (Å²) < 4.78 is 0. The predicted molar refractivity (Wildman–Crippen MR) is 47.7 cm³/mol. The van der Waals surface area contributed by atoms with Crippen LogP contribution in [0, 0.1) is 0 Å². The number of hydrogen-bond acceptors (Lipinski definition) is 2. The minimum Gasteiger partial charge on any atom is -0.392 e. The molecule has 3 N–H and O–H groups in total. The predicted octanol–water partition coefficient (Wildman–Crippen LogP) is -1.20. The van der Waals surface area contributed by atoms with E-state index in [2.05, 4.69) is 7.85 Å². The molecule has 61 valence electrons. The largest absolute Gasteiger partial charge is 0.392 e. The van der Waals surface area contributed by atoms with Crippen molar-refractivity contribution in [3.63, 3.8) is 0 Å². The first-order chi connectivity index (χ1) is 5.65. The number of primary amides is 1. The van der Waals surface area contributed by atoms with Crippen molar-refractivity contribution >= 4 is 19.2 Å². The average molecular weight is 162 g/mol. The van der Waals surface area contributed by atoms with E-state index >= 15 is 0 Å². The third-order valence-electron chi connectivity index (χ3n) is 1.66. The third kappa shape index (κ3) is 1.65. The van der Waals surface area contributed by atoms with Gasteiger partial charge in [0, 0.05) is 5.56 Å². The van der Waals surface area contributed by atoms with E-state index in [0.717, 1.165) is 0 Å². The highest BCUT2D eigenvalue weighted by Gasteiger charge is 2.02. The summed E-state index contributed by atoms with van der Waals surface area (Å²) in [6, 6.07) is 4.78. The Bertz CT molecular complexity index is 312. The molecule has 4 heteroatoms. The first-order valence-electron chi connectivity index (χ1n) is 3.50. The molecule has 0 saturated carbocycles. The van der Waals surface area contributed by atoms with E-state index in [9.17, 15) is 4.79 Å². The number of nitrogens with two attached hydrogens (primary N) is 1. The minimum atomic E-state index is -0.482. The molecule has 0 heterocycles. The zero-order valence-electron chi connectivity index (χ0n) is 6.58. The number of amides is 1. The van der Waals surface area contributed by atoms with E-state index in [1.807, 2.05) is 0 Å². The number of carbonyl (C=O) groups excluding carboxylic acids is 1. The Morgan fingerprint density at radius 1 is 1.58 bits per heavy atom. The van der Waals surface area contributed by atoms with E-state index in [4.69, 9.17) is 10.8 Å². The fraction of sp³-hybridized carbons (Fsp3) is 0.125. The van der Waals surface area contributed by atoms with Crippen LogP contribution >= 0.6 is 0 Å². The van der Waals surface area contributed by atoms with Crippen LogP contribution in [0.4, 0.5) is 0 Å². The van der Waals surface area contributed by atoms with Crippen molar-refractivity contribution in [3.05, 3.63) is 29.3 Å². The molecule has 1 radical (unpaired) electrons. The van der Waals surface area contributed by atoms with E-state index in [-0.39, 0.29) is 6.61 Å². The van der Waals surface area contributed by atoms with Crippen LogP contribution in [0.25, 0.3) is 0 Å². The summed E-state index contributed by atoms with van der Waals surface area (Å²) in [6.07, 6.45) is 0. The molecule has 0 atom stereocenters. The van der Waals surface area contributed by atoms with Crippen molar-refractivity contribution < 1.29 is 9.90 Å². The Hall–Kier alpha value is -1.29. The molecular weight excluding hydrogens is 153 g/mol.